The van der Waals surface area contributed by atoms with Gasteiger partial charge in [0.25, 0.3) is 0 Å². The lowest BCUT2D eigenvalue weighted by molar-refractivity contribution is 0.589. The Bertz CT molecular complexity index is 1030. The summed E-state index contributed by atoms with van der Waals surface area (Å²) in [6.45, 7) is 4.00. The quantitative estimate of drug-likeness (QED) is 0.388. The van der Waals surface area contributed by atoms with E-state index in [1.165, 1.54) is 0 Å². The van der Waals surface area contributed by atoms with Gasteiger partial charge in [-0.25, -0.2) is 0 Å². The number of anilines is 1. The molecule has 3 aromatic rings. The minimum absolute atomic E-state index is 0.403. The molecule has 0 radical (unpaired) electrons. The van der Waals surface area contributed by atoms with E-state index in [1.807, 2.05) is 92.7 Å². The van der Waals surface area contributed by atoms with Crippen molar-refractivity contribution in [1.29, 1.82) is 0 Å². The van der Waals surface area contributed by atoms with Gasteiger partial charge in [0.2, 0.25) is 7.29 Å². The Kier molecular flexibility index (Phi) is 7.03. The van der Waals surface area contributed by atoms with E-state index in [2.05, 4.69) is 5.09 Å². The predicted octanol–water partition coefficient (Wildman–Crippen LogP) is 8.47. The fourth-order valence-electron chi connectivity index (χ4n) is 2.91. The zero-order valence-corrected chi connectivity index (χ0v) is 18.7. The van der Waals surface area contributed by atoms with Crippen LogP contribution in [0.1, 0.15) is 22.3 Å². The van der Waals surface area contributed by atoms with Gasteiger partial charge in [-0.3, -0.25) is 4.57 Å². The first-order valence-corrected chi connectivity index (χ1v) is 11.8. The molecule has 0 aliphatic carbocycles. The van der Waals surface area contributed by atoms with E-state index in [4.69, 9.17) is 23.2 Å². The first-order valence-electron chi connectivity index (χ1n) is 9.19. The zero-order chi connectivity index (χ0) is 20.9. The third kappa shape index (κ3) is 5.87. The van der Waals surface area contributed by atoms with Crippen LogP contribution in [0.5, 0.6) is 0 Å². The Balaban J connectivity index is 2.06. The van der Waals surface area contributed by atoms with Crippen LogP contribution in [-0.4, -0.2) is 0 Å². The van der Waals surface area contributed by atoms with Crippen LogP contribution in [0, 0.1) is 13.8 Å². The predicted molar refractivity (Wildman–Crippen MR) is 128 cm³/mol. The average molecular weight is 442 g/mol. The second-order valence-electron chi connectivity index (χ2n) is 6.83. The number of hydrogen-bond acceptors (Lipinski definition) is 1. The van der Waals surface area contributed by atoms with Crippen LogP contribution in [-0.2, 0) is 4.57 Å². The molecule has 0 fully saturated rings. The zero-order valence-electron chi connectivity index (χ0n) is 16.3. The molecule has 0 amide bonds. The van der Waals surface area contributed by atoms with Crippen LogP contribution in [0.25, 0.3) is 10.1 Å². The highest BCUT2D eigenvalue weighted by atomic mass is 35.5. The summed E-state index contributed by atoms with van der Waals surface area (Å²) in [6.07, 6.45) is 0. The van der Waals surface area contributed by atoms with Gasteiger partial charge >= 0.3 is 0 Å². The van der Waals surface area contributed by atoms with Crippen molar-refractivity contribution in [1.82, 2.24) is 0 Å². The van der Waals surface area contributed by atoms with E-state index in [9.17, 15) is 4.57 Å². The van der Waals surface area contributed by atoms with Crippen molar-refractivity contribution in [3.8, 4) is 0 Å². The van der Waals surface area contributed by atoms with Crippen LogP contribution in [0.4, 0.5) is 5.69 Å². The molecule has 0 atom stereocenters. The Labute approximate surface area is 182 Å². The fraction of sp³-hybridized carbons (Fsp3) is 0.0833. The summed E-state index contributed by atoms with van der Waals surface area (Å²) in [7, 11) is -3.26. The number of rotatable bonds is 6. The van der Waals surface area contributed by atoms with Crippen molar-refractivity contribution < 1.29 is 4.57 Å². The van der Waals surface area contributed by atoms with Gasteiger partial charge in [0, 0.05) is 17.3 Å². The summed E-state index contributed by atoms with van der Waals surface area (Å²) in [4.78, 5) is 0. The molecule has 0 saturated carbocycles. The molecule has 5 heteroatoms. The van der Waals surface area contributed by atoms with Gasteiger partial charge in [0.05, 0.1) is 10.1 Å². The minimum atomic E-state index is -3.26. The van der Waals surface area contributed by atoms with E-state index < -0.39 is 7.29 Å². The first-order chi connectivity index (χ1) is 13.9. The van der Waals surface area contributed by atoms with Gasteiger partial charge in [-0.1, -0.05) is 102 Å². The maximum Gasteiger partial charge on any atom is 0.216 e. The Morgan fingerprint density at radius 1 is 0.793 bits per heavy atom. The highest BCUT2D eigenvalue weighted by Crippen LogP contribution is 2.54. The molecule has 1 N–H and O–H groups in total. The van der Waals surface area contributed by atoms with E-state index in [-0.39, 0.29) is 0 Å². The van der Waals surface area contributed by atoms with Crippen molar-refractivity contribution >= 4 is 46.2 Å². The van der Waals surface area contributed by atoms with E-state index in [0.29, 0.717) is 10.1 Å². The number of aryl methyl sites for hydroxylation is 2. The van der Waals surface area contributed by atoms with Crippen molar-refractivity contribution in [3.63, 3.8) is 0 Å². The number of halogens is 2. The van der Waals surface area contributed by atoms with Gasteiger partial charge in [0.15, 0.2) is 0 Å². The largest absolute Gasteiger partial charge is 0.330 e. The summed E-state index contributed by atoms with van der Waals surface area (Å²) in [5, 5.41) is 3.99. The second-order valence-corrected chi connectivity index (χ2v) is 9.80. The lowest BCUT2D eigenvalue weighted by Gasteiger charge is -2.18. The third-order valence-corrected chi connectivity index (χ3v) is 7.22. The summed E-state index contributed by atoms with van der Waals surface area (Å²) in [5.74, 6) is 3.13. The molecule has 3 aromatic carbocycles. The van der Waals surface area contributed by atoms with Crippen molar-refractivity contribution in [2.75, 3.05) is 5.09 Å². The molecule has 0 bridgehead atoms. The second kappa shape index (κ2) is 9.50. The van der Waals surface area contributed by atoms with Crippen LogP contribution >= 0.6 is 30.5 Å². The van der Waals surface area contributed by atoms with Crippen LogP contribution < -0.4 is 5.09 Å². The van der Waals surface area contributed by atoms with E-state index >= 15 is 0 Å². The molecule has 2 nitrogen and oxygen atoms in total. The summed E-state index contributed by atoms with van der Waals surface area (Å²) >= 11 is 13.1. The molecular weight excluding hydrogens is 420 g/mol. The number of hydrogen-bond donors (Lipinski definition) is 1. The normalized spacial score (nSPS) is 12.7. The van der Waals surface area contributed by atoms with E-state index in [1.54, 1.807) is 11.6 Å². The van der Waals surface area contributed by atoms with Crippen molar-refractivity contribution in [3.05, 3.63) is 113 Å². The Hall–Kier alpha value is -2.25. The van der Waals surface area contributed by atoms with Crippen molar-refractivity contribution in [2.24, 2.45) is 0 Å². The van der Waals surface area contributed by atoms with Crippen molar-refractivity contribution in [2.45, 2.75) is 13.8 Å². The molecule has 0 aromatic heterocycles. The molecule has 0 aliphatic heterocycles. The first kappa shape index (κ1) is 21.5. The molecule has 0 heterocycles. The third-order valence-electron chi connectivity index (χ3n) is 4.39. The lowest BCUT2D eigenvalue weighted by Crippen LogP contribution is -1.96. The van der Waals surface area contributed by atoms with Gasteiger partial charge in [-0.2, -0.15) is 0 Å². The Morgan fingerprint density at radius 2 is 1.28 bits per heavy atom. The monoisotopic (exact) mass is 441 g/mol. The topological polar surface area (TPSA) is 29.1 Å². The number of nitrogens with one attached hydrogen (secondary N) is 1. The summed E-state index contributed by atoms with van der Waals surface area (Å²) in [5.41, 5.74) is 4.50. The highest BCUT2D eigenvalue weighted by molar-refractivity contribution is 7.72. The van der Waals surface area contributed by atoms with Gasteiger partial charge in [-0.15, -0.1) is 0 Å². The molecule has 0 saturated heterocycles. The maximum absolute atomic E-state index is 14.0. The lowest BCUT2D eigenvalue weighted by atomic mass is 10.1. The molecule has 0 spiro atoms. The van der Waals surface area contributed by atoms with Gasteiger partial charge in [0.1, 0.15) is 0 Å². The molecule has 0 unspecified atom stereocenters. The van der Waals surface area contributed by atoms with Crippen LogP contribution in [0.2, 0.25) is 0 Å². The highest BCUT2D eigenvalue weighted by Gasteiger charge is 2.20. The minimum Gasteiger partial charge on any atom is -0.330 e. The smallest absolute Gasteiger partial charge is 0.216 e. The fourth-order valence-corrected chi connectivity index (χ4v) is 5.83. The average Bonchev–Trinajstić information content (AvgIpc) is 2.71. The van der Waals surface area contributed by atoms with Gasteiger partial charge < -0.3 is 5.09 Å². The van der Waals surface area contributed by atoms with E-state index in [0.717, 1.165) is 27.9 Å². The van der Waals surface area contributed by atoms with Crippen LogP contribution in [0.15, 0.2) is 90.5 Å². The summed E-state index contributed by atoms with van der Waals surface area (Å²) < 4.78 is 14.0. The Morgan fingerprint density at radius 3 is 1.72 bits per heavy atom. The summed E-state index contributed by atoms with van der Waals surface area (Å²) in [6, 6.07) is 24.8. The van der Waals surface area contributed by atoms with Gasteiger partial charge in [-0.05, 0) is 36.6 Å². The molecular formula is C24H22Cl2NOP. The molecule has 0 aliphatic rings. The molecule has 3 rings (SSSR count). The standard InChI is InChI=1S/C24H22Cl2NOP/c1-18-13-14-24(19(2)15-18)27-29(28,16-22(25)20-9-5-3-6-10-20)17-23(26)21-11-7-4-8-12-21/h3-17H,1-2H3,(H,27,28)/b22-16-,23-17-. The van der Waals surface area contributed by atoms with Crippen LogP contribution in [0.3, 0.4) is 0 Å². The SMILES string of the molecule is Cc1ccc(NP(=O)(/C=C(\Cl)c2ccccc2)/C=C(\Cl)c2ccccc2)c(C)c1. The number of benzene rings is 3. The maximum atomic E-state index is 14.0. The molecule has 29 heavy (non-hydrogen) atoms. The molecule has 148 valence electrons.